The first kappa shape index (κ1) is 17.2. The zero-order valence-electron chi connectivity index (χ0n) is 13.5. The van der Waals surface area contributed by atoms with Crippen LogP contribution in [0.1, 0.15) is 16.8 Å². The second-order valence-corrected chi connectivity index (χ2v) is 6.49. The molecule has 25 heavy (non-hydrogen) atoms. The Labute approximate surface area is 156 Å². The second kappa shape index (κ2) is 7.10. The zero-order valence-corrected chi connectivity index (χ0v) is 15.0. The number of nitrogens with two attached hydrogens (primary N) is 1. The third-order valence-electron chi connectivity index (χ3n) is 3.74. The van der Waals surface area contributed by atoms with Crippen LogP contribution in [0, 0.1) is 18.3 Å². The van der Waals surface area contributed by atoms with Gasteiger partial charge in [-0.1, -0.05) is 41.4 Å². The van der Waals surface area contributed by atoms with Gasteiger partial charge in [0.15, 0.2) is 0 Å². The van der Waals surface area contributed by atoms with Crippen molar-refractivity contribution >= 4 is 28.9 Å². The Hall–Kier alpha value is -2.61. The molecule has 3 rings (SSSR count). The molecule has 4 nitrogen and oxygen atoms in total. The summed E-state index contributed by atoms with van der Waals surface area (Å²) in [7, 11) is 0. The molecule has 126 valence electrons. The molecular weight excluding hydrogens is 357 g/mol. The summed E-state index contributed by atoms with van der Waals surface area (Å²) in [5, 5.41) is 10.5. The summed E-state index contributed by atoms with van der Waals surface area (Å²) >= 11 is 12.2. The third kappa shape index (κ3) is 3.74. The number of rotatable bonds is 4. The molecule has 1 heterocycles. The molecule has 0 bridgehead atoms. The molecule has 0 aliphatic rings. The van der Waals surface area contributed by atoms with Crippen molar-refractivity contribution in [3.05, 3.63) is 75.4 Å². The molecule has 0 saturated heterocycles. The summed E-state index contributed by atoms with van der Waals surface area (Å²) in [5.41, 5.74) is 8.73. The van der Waals surface area contributed by atoms with Gasteiger partial charge in [-0.15, -0.1) is 0 Å². The molecule has 0 saturated carbocycles. The highest BCUT2D eigenvalue weighted by Crippen LogP contribution is 2.33. The lowest BCUT2D eigenvalue weighted by Crippen LogP contribution is -2.05. The van der Waals surface area contributed by atoms with E-state index < -0.39 is 0 Å². The van der Waals surface area contributed by atoms with Crippen LogP contribution in [-0.2, 0) is 6.54 Å². The van der Waals surface area contributed by atoms with Crippen LogP contribution in [0.4, 0.5) is 5.69 Å². The van der Waals surface area contributed by atoms with E-state index >= 15 is 0 Å². The van der Waals surface area contributed by atoms with Gasteiger partial charge in [0.1, 0.15) is 17.5 Å². The summed E-state index contributed by atoms with van der Waals surface area (Å²) in [5.74, 6) is 1.06. The topological polar surface area (TPSA) is 64.0 Å². The van der Waals surface area contributed by atoms with E-state index in [0.29, 0.717) is 39.6 Å². The van der Waals surface area contributed by atoms with Gasteiger partial charge in [-0.2, -0.15) is 5.26 Å². The Morgan fingerprint density at radius 2 is 1.96 bits per heavy atom. The van der Waals surface area contributed by atoms with Crippen molar-refractivity contribution in [2.75, 3.05) is 5.73 Å². The van der Waals surface area contributed by atoms with Crippen molar-refractivity contribution in [3.63, 3.8) is 0 Å². The van der Waals surface area contributed by atoms with Crippen LogP contribution in [0.3, 0.4) is 0 Å². The smallest absolute Gasteiger partial charge is 0.224 e. The Kier molecular flexibility index (Phi) is 4.89. The van der Waals surface area contributed by atoms with E-state index in [9.17, 15) is 5.26 Å². The predicted molar refractivity (Wildman–Crippen MR) is 100 cm³/mol. The third-order valence-corrected chi connectivity index (χ3v) is 4.32. The molecule has 2 N–H and O–H groups in total. The first-order chi connectivity index (χ1) is 12.0. The Morgan fingerprint density at radius 1 is 1.16 bits per heavy atom. The van der Waals surface area contributed by atoms with Crippen molar-refractivity contribution in [3.8, 4) is 17.7 Å². The second-order valence-electron chi connectivity index (χ2n) is 5.64. The number of hydrogen-bond donors (Lipinski definition) is 1. The lowest BCUT2D eigenvalue weighted by atomic mass is 10.2. The summed E-state index contributed by atoms with van der Waals surface area (Å²) in [6, 6.07) is 16.6. The fourth-order valence-corrected chi connectivity index (χ4v) is 2.99. The van der Waals surface area contributed by atoms with Crippen LogP contribution >= 0.6 is 23.2 Å². The fourth-order valence-electron chi connectivity index (χ4n) is 2.53. The van der Waals surface area contributed by atoms with Crippen molar-refractivity contribution in [2.24, 2.45) is 0 Å². The molecule has 0 aliphatic carbocycles. The lowest BCUT2D eigenvalue weighted by Gasteiger charge is -2.14. The maximum Gasteiger partial charge on any atom is 0.224 e. The van der Waals surface area contributed by atoms with E-state index in [-0.39, 0.29) is 0 Å². The zero-order chi connectivity index (χ0) is 18.0. The van der Waals surface area contributed by atoms with Crippen LogP contribution in [0.2, 0.25) is 10.0 Å². The lowest BCUT2D eigenvalue weighted by molar-refractivity contribution is 0.437. The van der Waals surface area contributed by atoms with Crippen molar-refractivity contribution in [1.82, 2.24) is 4.57 Å². The van der Waals surface area contributed by atoms with Gasteiger partial charge in [-0.25, -0.2) is 0 Å². The molecule has 0 atom stereocenters. The highest BCUT2D eigenvalue weighted by molar-refractivity contribution is 6.35. The molecule has 0 amide bonds. The molecule has 2 aromatic carbocycles. The Balaban J connectivity index is 2.01. The van der Waals surface area contributed by atoms with Crippen LogP contribution in [0.15, 0.2) is 48.5 Å². The molecule has 1 aromatic heterocycles. The molecule has 0 fully saturated rings. The van der Waals surface area contributed by atoms with Gasteiger partial charge < -0.3 is 10.5 Å². The average molecular weight is 372 g/mol. The molecular formula is C19H15Cl2N3O. The van der Waals surface area contributed by atoms with Gasteiger partial charge in [0.25, 0.3) is 0 Å². The summed E-state index contributed by atoms with van der Waals surface area (Å²) in [6.07, 6.45) is 0. The average Bonchev–Trinajstić information content (AvgIpc) is 2.86. The van der Waals surface area contributed by atoms with Crippen LogP contribution in [-0.4, -0.2) is 4.57 Å². The van der Waals surface area contributed by atoms with E-state index in [2.05, 4.69) is 6.07 Å². The van der Waals surface area contributed by atoms with Crippen molar-refractivity contribution < 1.29 is 4.74 Å². The van der Waals surface area contributed by atoms with Gasteiger partial charge in [-0.05, 0) is 42.3 Å². The monoisotopic (exact) mass is 371 g/mol. The van der Waals surface area contributed by atoms with Crippen LogP contribution in [0.5, 0.6) is 11.6 Å². The first-order valence-electron chi connectivity index (χ1n) is 7.55. The highest BCUT2D eigenvalue weighted by atomic mass is 35.5. The van der Waals surface area contributed by atoms with Crippen LogP contribution < -0.4 is 10.5 Å². The molecule has 6 heteroatoms. The van der Waals surface area contributed by atoms with Gasteiger partial charge in [-0.3, -0.25) is 4.57 Å². The SMILES string of the molecule is Cc1cccc(Oc2c(N)cc(C#N)n2Cc2ccc(Cl)cc2Cl)c1. The number of benzene rings is 2. The minimum Gasteiger partial charge on any atom is -0.439 e. The van der Waals surface area contributed by atoms with Crippen molar-refractivity contribution in [1.29, 1.82) is 5.26 Å². The number of nitrogen functional groups attached to an aromatic ring is 1. The summed E-state index contributed by atoms with van der Waals surface area (Å²) in [4.78, 5) is 0. The Bertz CT molecular complexity index is 973. The van der Waals surface area contributed by atoms with E-state index in [1.165, 1.54) is 0 Å². The summed E-state index contributed by atoms with van der Waals surface area (Å²) < 4.78 is 7.66. The fraction of sp³-hybridized carbons (Fsp3) is 0.105. The molecule has 0 unspecified atom stereocenters. The van der Waals surface area contributed by atoms with E-state index in [1.54, 1.807) is 22.8 Å². The van der Waals surface area contributed by atoms with Gasteiger partial charge in [0.05, 0.1) is 12.2 Å². The number of hydrogen-bond acceptors (Lipinski definition) is 3. The highest BCUT2D eigenvalue weighted by Gasteiger charge is 2.17. The quantitative estimate of drug-likeness (QED) is 0.667. The largest absolute Gasteiger partial charge is 0.439 e. The number of aryl methyl sites for hydroxylation is 1. The molecule has 3 aromatic rings. The normalized spacial score (nSPS) is 10.5. The maximum atomic E-state index is 9.42. The maximum absolute atomic E-state index is 9.42. The Morgan fingerprint density at radius 3 is 2.64 bits per heavy atom. The van der Waals surface area contributed by atoms with Crippen molar-refractivity contribution in [2.45, 2.75) is 13.5 Å². The van der Waals surface area contributed by atoms with Gasteiger partial charge >= 0.3 is 0 Å². The van der Waals surface area contributed by atoms with E-state index in [1.807, 2.05) is 37.3 Å². The number of aromatic nitrogens is 1. The number of nitriles is 1. The van der Waals surface area contributed by atoms with Gasteiger partial charge in [0.2, 0.25) is 5.88 Å². The number of nitrogens with zero attached hydrogens (tertiary/aromatic N) is 2. The number of halogens is 2. The van der Waals surface area contributed by atoms with E-state index in [0.717, 1.165) is 11.1 Å². The number of anilines is 1. The molecule has 0 radical (unpaired) electrons. The molecule has 0 aliphatic heterocycles. The number of ether oxygens (including phenoxy) is 1. The minimum atomic E-state index is 0.344. The first-order valence-corrected chi connectivity index (χ1v) is 8.31. The predicted octanol–water partition coefficient (Wildman–Crippen LogP) is 5.40. The van der Waals surface area contributed by atoms with Gasteiger partial charge in [0, 0.05) is 16.1 Å². The van der Waals surface area contributed by atoms with Crippen LogP contribution in [0.25, 0.3) is 0 Å². The summed E-state index contributed by atoms with van der Waals surface area (Å²) in [6.45, 7) is 2.32. The molecule has 0 spiro atoms. The van der Waals surface area contributed by atoms with E-state index in [4.69, 9.17) is 33.7 Å². The minimum absolute atomic E-state index is 0.344. The standard InChI is InChI=1S/C19H15Cl2N3O/c1-12-3-2-4-16(7-12)25-19-18(23)9-15(10-22)24(19)11-13-5-6-14(20)8-17(13)21/h2-9H,11,23H2,1H3.